The lowest BCUT2D eigenvalue weighted by Crippen LogP contribution is -2.50. The van der Waals surface area contributed by atoms with Crippen molar-refractivity contribution in [3.05, 3.63) is 35.8 Å². The van der Waals surface area contributed by atoms with Crippen LogP contribution in [0.1, 0.15) is 56.8 Å². The van der Waals surface area contributed by atoms with Crippen LogP contribution >= 0.6 is 24.0 Å². The van der Waals surface area contributed by atoms with Gasteiger partial charge in [0, 0.05) is 43.6 Å². The molecule has 2 N–H and O–H groups in total. The molecule has 29 heavy (non-hydrogen) atoms. The fourth-order valence-electron chi connectivity index (χ4n) is 4.63. The second kappa shape index (κ2) is 10.6. The van der Waals surface area contributed by atoms with E-state index in [0.29, 0.717) is 12.6 Å². The molecule has 1 saturated carbocycles. The summed E-state index contributed by atoms with van der Waals surface area (Å²) in [5.74, 6) is 0.913. The monoisotopic (exact) mass is 510 g/mol. The molecular formula is C22H35IN6. The number of aliphatic imine (C=N–C) groups is 1. The molecule has 3 heterocycles. The number of halogens is 1. The van der Waals surface area contributed by atoms with Gasteiger partial charge in [-0.2, -0.15) is 0 Å². The number of piperidine rings is 1. The van der Waals surface area contributed by atoms with Gasteiger partial charge in [-0.15, -0.1) is 24.0 Å². The minimum absolute atomic E-state index is 0. The highest BCUT2D eigenvalue weighted by Gasteiger charge is 2.27. The maximum atomic E-state index is 4.80. The van der Waals surface area contributed by atoms with Gasteiger partial charge in [-0.1, -0.05) is 18.9 Å². The Kier molecular flexibility index (Phi) is 8.17. The average Bonchev–Trinajstić information content (AvgIpc) is 3.37. The van der Waals surface area contributed by atoms with Gasteiger partial charge >= 0.3 is 0 Å². The Bertz CT molecular complexity index is 803. The van der Waals surface area contributed by atoms with E-state index in [1.165, 1.54) is 57.3 Å². The number of likely N-dealkylation sites (tertiary alicyclic amines) is 1. The number of hydrogen-bond donors (Lipinski definition) is 2. The predicted octanol–water partition coefficient (Wildman–Crippen LogP) is 3.72. The van der Waals surface area contributed by atoms with Gasteiger partial charge < -0.3 is 19.9 Å². The van der Waals surface area contributed by atoms with E-state index in [0.717, 1.165) is 29.9 Å². The molecule has 1 saturated heterocycles. The third-order valence-electron chi connectivity index (χ3n) is 6.20. The summed E-state index contributed by atoms with van der Waals surface area (Å²) in [6.45, 7) is 8.12. The van der Waals surface area contributed by atoms with E-state index >= 15 is 0 Å². The first-order chi connectivity index (χ1) is 13.7. The van der Waals surface area contributed by atoms with Crippen LogP contribution < -0.4 is 10.6 Å². The van der Waals surface area contributed by atoms with Gasteiger partial charge in [-0.05, 0) is 51.7 Å². The number of fused-ring (bicyclic) bond motifs is 1. The quantitative estimate of drug-likeness (QED) is 0.366. The number of imidazole rings is 1. The summed E-state index contributed by atoms with van der Waals surface area (Å²) in [7, 11) is 0. The molecular weight excluding hydrogens is 475 g/mol. The summed E-state index contributed by atoms with van der Waals surface area (Å²) >= 11 is 0. The lowest BCUT2D eigenvalue weighted by molar-refractivity contribution is 0.150. The van der Waals surface area contributed by atoms with Crippen molar-refractivity contribution in [2.75, 3.05) is 19.6 Å². The number of pyridine rings is 1. The normalized spacial score (nSPS) is 19.4. The van der Waals surface area contributed by atoms with Gasteiger partial charge in [0.25, 0.3) is 0 Å². The van der Waals surface area contributed by atoms with Gasteiger partial charge in [0.2, 0.25) is 0 Å². The number of nitrogens with zero attached hydrogens (tertiary/aromatic N) is 4. The number of guanidine groups is 1. The number of aromatic nitrogens is 2. The van der Waals surface area contributed by atoms with Crippen LogP contribution in [0.5, 0.6) is 0 Å². The molecule has 4 rings (SSSR count). The Morgan fingerprint density at radius 2 is 1.93 bits per heavy atom. The van der Waals surface area contributed by atoms with Crippen molar-refractivity contribution >= 4 is 35.6 Å². The van der Waals surface area contributed by atoms with Crippen molar-refractivity contribution in [1.29, 1.82) is 0 Å². The standard InChI is InChI=1S/C22H34N6.HI/c1-3-23-22(24-15-19-16-28-17(2)7-6-10-21(28)25-19)26-18-11-13-27(14-12-18)20-8-4-5-9-20;/h6-7,10,16,18,20H,3-5,8-9,11-15H2,1-2H3,(H2,23,24,26);1H. The third kappa shape index (κ3) is 5.63. The van der Waals surface area contributed by atoms with Crippen LogP contribution in [0.2, 0.25) is 0 Å². The van der Waals surface area contributed by atoms with Crippen LogP contribution in [0.25, 0.3) is 5.65 Å². The fraction of sp³-hybridized carbons (Fsp3) is 0.636. The van der Waals surface area contributed by atoms with Crippen molar-refractivity contribution in [3.63, 3.8) is 0 Å². The van der Waals surface area contributed by atoms with E-state index in [-0.39, 0.29) is 24.0 Å². The number of aryl methyl sites for hydroxylation is 1. The van der Waals surface area contributed by atoms with Crippen molar-refractivity contribution < 1.29 is 0 Å². The highest BCUT2D eigenvalue weighted by atomic mass is 127. The summed E-state index contributed by atoms with van der Waals surface area (Å²) in [6.07, 6.45) is 10.1. The van der Waals surface area contributed by atoms with Crippen LogP contribution in [-0.2, 0) is 6.54 Å². The maximum Gasteiger partial charge on any atom is 0.191 e. The highest BCUT2D eigenvalue weighted by molar-refractivity contribution is 14.0. The van der Waals surface area contributed by atoms with Crippen LogP contribution in [-0.4, -0.2) is 52.0 Å². The first-order valence-corrected chi connectivity index (χ1v) is 11.0. The predicted molar refractivity (Wildman–Crippen MR) is 130 cm³/mol. The molecule has 0 aromatic carbocycles. The van der Waals surface area contributed by atoms with E-state index in [1.807, 2.05) is 12.1 Å². The van der Waals surface area contributed by atoms with Crippen LogP contribution in [0.15, 0.2) is 29.4 Å². The molecule has 1 aliphatic carbocycles. The van der Waals surface area contributed by atoms with E-state index in [2.05, 4.69) is 46.0 Å². The third-order valence-corrected chi connectivity index (χ3v) is 6.20. The molecule has 2 fully saturated rings. The molecule has 2 aromatic rings. The summed E-state index contributed by atoms with van der Waals surface area (Å²) in [4.78, 5) is 12.2. The Hall–Kier alpha value is -1.35. The highest BCUT2D eigenvalue weighted by Crippen LogP contribution is 2.26. The summed E-state index contributed by atoms with van der Waals surface area (Å²) < 4.78 is 2.13. The van der Waals surface area contributed by atoms with Crippen molar-refractivity contribution in [2.24, 2.45) is 4.99 Å². The molecule has 2 aliphatic rings. The lowest BCUT2D eigenvalue weighted by atomic mass is 10.0. The van der Waals surface area contributed by atoms with Crippen LogP contribution in [0.3, 0.4) is 0 Å². The molecule has 1 aliphatic heterocycles. The number of nitrogens with one attached hydrogen (secondary N) is 2. The second-order valence-corrected chi connectivity index (χ2v) is 8.22. The van der Waals surface area contributed by atoms with Gasteiger partial charge in [-0.3, -0.25) is 0 Å². The Balaban J connectivity index is 0.00000240. The van der Waals surface area contributed by atoms with Gasteiger partial charge in [0.1, 0.15) is 5.65 Å². The van der Waals surface area contributed by atoms with Gasteiger partial charge in [0.05, 0.1) is 12.2 Å². The molecule has 0 radical (unpaired) electrons. The summed E-state index contributed by atoms with van der Waals surface area (Å²) in [5, 5.41) is 7.06. The Morgan fingerprint density at radius 1 is 1.17 bits per heavy atom. The molecule has 0 spiro atoms. The minimum atomic E-state index is 0. The molecule has 0 atom stereocenters. The molecule has 160 valence electrons. The molecule has 0 unspecified atom stereocenters. The maximum absolute atomic E-state index is 4.80. The molecule has 6 nitrogen and oxygen atoms in total. The van der Waals surface area contributed by atoms with Gasteiger partial charge in [0.15, 0.2) is 5.96 Å². The molecule has 0 amide bonds. The van der Waals surface area contributed by atoms with Crippen molar-refractivity contribution in [2.45, 2.75) is 71.0 Å². The van der Waals surface area contributed by atoms with Gasteiger partial charge in [-0.25, -0.2) is 9.98 Å². The smallest absolute Gasteiger partial charge is 0.191 e. The zero-order valence-corrected chi connectivity index (χ0v) is 20.1. The topological polar surface area (TPSA) is 57.0 Å². The Labute approximate surface area is 191 Å². The van der Waals surface area contributed by atoms with E-state index in [9.17, 15) is 0 Å². The van der Waals surface area contributed by atoms with E-state index in [4.69, 9.17) is 9.98 Å². The Morgan fingerprint density at radius 3 is 2.62 bits per heavy atom. The van der Waals surface area contributed by atoms with E-state index in [1.54, 1.807) is 0 Å². The molecule has 7 heteroatoms. The fourth-order valence-corrected chi connectivity index (χ4v) is 4.63. The zero-order chi connectivity index (χ0) is 19.3. The summed E-state index contributed by atoms with van der Waals surface area (Å²) in [6, 6.07) is 7.56. The van der Waals surface area contributed by atoms with E-state index < -0.39 is 0 Å². The number of rotatable bonds is 5. The number of hydrogen-bond acceptors (Lipinski definition) is 3. The average molecular weight is 510 g/mol. The second-order valence-electron chi connectivity index (χ2n) is 8.22. The summed E-state index contributed by atoms with van der Waals surface area (Å²) in [5.41, 5.74) is 3.18. The SMILES string of the molecule is CCNC(=NCc1cn2c(C)cccc2n1)NC1CCN(C2CCCC2)CC1.I. The first kappa shape index (κ1) is 22.3. The van der Waals surface area contributed by atoms with Crippen LogP contribution in [0, 0.1) is 6.92 Å². The molecule has 0 bridgehead atoms. The lowest BCUT2D eigenvalue weighted by Gasteiger charge is -2.36. The van der Waals surface area contributed by atoms with Crippen molar-refractivity contribution in [1.82, 2.24) is 24.9 Å². The van der Waals surface area contributed by atoms with Crippen molar-refractivity contribution in [3.8, 4) is 0 Å². The largest absolute Gasteiger partial charge is 0.357 e. The first-order valence-electron chi connectivity index (χ1n) is 11.0. The van der Waals surface area contributed by atoms with Crippen LogP contribution in [0.4, 0.5) is 0 Å². The zero-order valence-electron chi connectivity index (χ0n) is 17.7. The molecule has 2 aromatic heterocycles. The minimum Gasteiger partial charge on any atom is -0.357 e.